The molecule has 0 aromatic heterocycles. The summed E-state index contributed by atoms with van der Waals surface area (Å²) < 4.78 is 5.74. The van der Waals surface area contributed by atoms with Gasteiger partial charge in [-0.05, 0) is 40.8 Å². The normalized spacial score (nSPS) is 11.8. The second-order valence-electron chi connectivity index (χ2n) is 6.69. The number of nitrogens with two attached hydrogens (primary N) is 1. The first-order valence-electron chi connectivity index (χ1n) is 9.05. The lowest BCUT2D eigenvalue weighted by Crippen LogP contribution is -2.23. The van der Waals surface area contributed by atoms with Crippen molar-refractivity contribution in [1.82, 2.24) is 0 Å². The van der Waals surface area contributed by atoms with Crippen molar-refractivity contribution in [3.63, 3.8) is 0 Å². The second kappa shape index (κ2) is 9.40. The van der Waals surface area contributed by atoms with Gasteiger partial charge in [0.2, 0.25) is 0 Å². The van der Waals surface area contributed by atoms with Crippen LogP contribution < -0.4 is 5.73 Å². The van der Waals surface area contributed by atoms with Crippen molar-refractivity contribution in [2.75, 3.05) is 0 Å². The molecule has 138 valence electrons. The molecule has 0 aliphatic heterocycles. The van der Waals surface area contributed by atoms with Crippen LogP contribution in [0.4, 0.5) is 0 Å². The average molecular weight is 378 g/mol. The van der Waals surface area contributed by atoms with Crippen LogP contribution in [-0.2, 0) is 17.8 Å². The van der Waals surface area contributed by atoms with E-state index in [-0.39, 0.29) is 6.04 Å². The zero-order valence-electron chi connectivity index (χ0n) is 15.3. The lowest BCUT2D eigenvalue weighted by molar-refractivity contribution is 0.186. The van der Waals surface area contributed by atoms with Crippen LogP contribution in [0.3, 0.4) is 0 Å². The van der Waals surface area contributed by atoms with Crippen molar-refractivity contribution in [3.8, 4) is 11.1 Å². The Hall–Kier alpha value is -2.55. The fourth-order valence-corrected chi connectivity index (χ4v) is 3.18. The van der Waals surface area contributed by atoms with Crippen LogP contribution in [0.2, 0.25) is 5.02 Å². The molecule has 0 fully saturated rings. The molecule has 0 heterocycles. The summed E-state index contributed by atoms with van der Waals surface area (Å²) in [6.07, 6.45) is 1.42. The minimum absolute atomic E-state index is 0.0229. The standard InChI is InChI=1S/C24H24ClNO/c1-18(27-17-20-6-3-2-4-7-20)14-24(26)15-19-10-12-21(13-11-19)22-8-5-9-23(25)16-22/h2-13,16,24H,1,14-15,17,26H2/t24-/m0/s1. The van der Waals surface area contributed by atoms with E-state index in [1.165, 1.54) is 5.56 Å². The summed E-state index contributed by atoms with van der Waals surface area (Å²) in [5.74, 6) is 0.724. The van der Waals surface area contributed by atoms with Crippen LogP contribution in [0.15, 0.2) is 91.2 Å². The number of benzene rings is 3. The van der Waals surface area contributed by atoms with Gasteiger partial charge in [-0.25, -0.2) is 0 Å². The molecule has 2 nitrogen and oxygen atoms in total. The van der Waals surface area contributed by atoms with E-state index in [1.54, 1.807) is 0 Å². The van der Waals surface area contributed by atoms with Gasteiger partial charge in [-0.2, -0.15) is 0 Å². The number of ether oxygens (including phenoxy) is 1. The van der Waals surface area contributed by atoms with Crippen molar-refractivity contribution in [2.45, 2.75) is 25.5 Å². The van der Waals surface area contributed by atoms with Gasteiger partial charge in [0.1, 0.15) is 6.61 Å². The fraction of sp³-hybridized carbons (Fsp3) is 0.167. The van der Waals surface area contributed by atoms with Crippen LogP contribution in [-0.4, -0.2) is 6.04 Å². The highest BCUT2D eigenvalue weighted by Crippen LogP contribution is 2.23. The average Bonchev–Trinajstić information content (AvgIpc) is 2.68. The van der Waals surface area contributed by atoms with Gasteiger partial charge in [0.05, 0.1) is 5.76 Å². The summed E-state index contributed by atoms with van der Waals surface area (Å²) in [5, 5.41) is 0.743. The van der Waals surface area contributed by atoms with E-state index >= 15 is 0 Å². The van der Waals surface area contributed by atoms with E-state index in [0.29, 0.717) is 13.0 Å². The third-order valence-corrected chi connectivity index (χ3v) is 4.62. The zero-order valence-corrected chi connectivity index (χ0v) is 16.0. The summed E-state index contributed by atoms with van der Waals surface area (Å²) in [4.78, 5) is 0. The Kier molecular flexibility index (Phi) is 6.69. The van der Waals surface area contributed by atoms with E-state index in [4.69, 9.17) is 22.1 Å². The molecule has 0 radical (unpaired) electrons. The van der Waals surface area contributed by atoms with Gasteiger partial charge in [-0.1, -0.05) is 84.9 Å². The van der Waals surface area contributed by atoms with Crippen LogP contribution in [0.1, 0.15) is 17.5 Å². The molecule has 3 aromatic rings. The quantitative estimate of drug-likeness (QED) is 0.489. The topological polar surface area (TPSA) is 35.2 Å². The predicted octanol–water partition coefficient (Wildman–Crippen LogP) is 6.00. The molecule has 1 atom stereocenters. The predicted molar refractivity (Wildman–Crippen MR) is 114 cm³/mol. The van der Waals surface area contributed by atoms with Crippen LogP contribution >= 0.6 is 11.6 Å². The summed E-state index contributed by atoms with van der Waals surface area (Å²) in [6.45, 7) is 4.53. The molecule has 27 heavy (non-hydrogen) atoms. The maximum atomic E-state index is 6.29. The third kappa shape index (κ3) is 5.99. The Balaban J connectivity index is 1.50. The van der Waals surface area contributed by atoms with Crippen LogP contribution in [0, 0.1) is 0 Å². The second-order valence-corrected chi connectivity index (χ2v) is 7.12. The molecule has 0 aliphatic rings. The maximum absolute atomic E-state index is 6.29. The van der Waals surface area contributed by atoms with Gasteiger partial charge in [-0.3, -0.25) is 0 Å². The highest BCUT2D eigenvalue weighted by Gasteiger charge is 2.08. The van der Waals surface area contributed by atoms with Gasteiger partial charge in [0.25, 0.3) is 0 Å². The Morgan fingerprint density at radius 1 is 0.889 bits per heavy atom. The molecule has 0 spiro atoms. The van der Waals surface area contributed by atoms with Crippen molar-refractivity contribution < 1.29 is 4.74 Å². The van der Waals surface area contributed by atoms with Crippen LogP contribution in [0.5, 0.6) is 0 Å². The van der Waals surface area contributed by atoms with Crippen LogP contribution in [0.25, 0.3) is 11.1 Å². The van der Waals surface area contributed by atoms with Gasteiger partial charge < -0.3 is 10.5 Å². The number of hydrogen-bond acceptors (Lipinski definition) is 2. The van der Waals surface area contributed by atoms with E-state index in [1.807, 2.05) is 48.5 Å². The minimum Gasteiger partial charge on any atom is -0.494 e. The Morgan fingerprint density at radius 2 is 1.63 bits per heavy atom. The van der Waals surface area contributed by atoms with Crippen molar-refractivity contribution in [1.29, 1.82) is 0 Å². The molecule has 0 unspecified atom stereocenters. The highest BCUT2D eigenvalue weighted by molar-refractivity contribution is 6.30. The summed E-state index contributed by atoms with van der Waals surface area (Å²) in [5.41, 5.74) is 10.9. The zero-order chi connectivity index (χ0) is 19.1. The lowest BCUT2D eigenvalue weighted by atomic mass is 9.99. The van der Waals surface area contributed by atoms with Crippen molar-refractivity contribution >= 4 is 11.6 Å². The van der Waals surface area contributed by atoms with E-state index in [0.717, 1.165) is 33.9 Å². The Bertz CT molecular complexity index is 874. The highest BCUT2D eigenvalue weighted by atomic mass is 35.5. The maximum Gasteiger partial charge on any atom is 0.113 e. The summed E-state index contributed by atoms with van der Waals surface area (Å²) in [6, 6.07) is 26.3. The van der Waals surface area contributed by atoms with E-state index in [9.17, 15) is 0 Å². The molecule has 2 N–H and O–H groups in total. The first-order valence-corrected chi connectivity index (χ1v) is 9.43. The van der Waals surface area contributed by atoms with Crippen molar-refractivity contribution in [2.24, 2.45) is 5.73 Å². The first-order chi connectivity index (χ1) is 13.1. The van der Waals surface area contributed by atoms with E-state index < -0.39 is 0 Å². The number of halogens is 1. The Labute approximate surface area is 166 Å². The summed E-state index contributed by atoms with van der Waals surface area (Å²) >= 11 is 6.07. The molecule has 3 rings (SSSR count). The lowest BCUT2D eigenvalue weighted by Gasteiger charge is -2.15. The largest absolute Gasteiger partial charge is 0.494 e. The molecule has 3 aromatic carbocycles. The van der Waals surface area contributed by atoms with Gasteiger partial charge in [-0.15, -0.1) is 0 Å². The van der Waals surface area contributed by atoms with E-state index in [2.05, 4.69) is 36.9 Å². The Morgan fingerprint density at radius 3 is 2.33 bits per heavy atom. The number of hydrogen-bond donors (Lipinski definition) is 1. The molecule has 0 bridgehead atoms. The molecule has 0 saturated heterocycles. The minimum atomic E-state index is -0.0229. The molecular formula is C24H24ClNO. The summed E-state index contributed by atoms with van der Waals surface area (Å²) in [7, 11) is 0. The number of rotatable bonds is 8. The fourth-order valence-electron chi connectivity index (χ4n) is 2.99. The molecule has 0 aliphatic carbocycles. The monoisotopic (exact) mass is 377 g/mol. The molecule has 3 heteroatoms. The smallest absolute Gasteiger partial charge is 0.113 e. The third-order valence-electron chi connectivity index (χ3n) is 4.39. The van der Waals surface area contributed by atoms with Crippen molar-refractivity contribution in [3.05, 3.63) is 107 Å². The van der Waals surface area contributed by atoms with Gasteiger partial charge in [0.15, 0.2) is 0 Å². The molecule has 0 amide bonds. The molecular weight excluding hydrogens is 354 g/mol. The SMILES string of the molecule is C=C(C[C@H](N)Cc1ccc(-c2cccc(Cl)c2)cc1)OCc1ccccc1. The van der Waals surface area contributed by atoms with Gasteiger partial charge >= 0.3 is 0 Å². The first kappa shape index (κ1) is 19.2. The molecule has 0 saturated carbocycles. The van der Waals surface area contributed by atoms with Gasteiger partial charge in [0, 0.05) is 17.5 Å².